The van der Waals surface area contributed by atoms with Crippen LogP contribution in [0.2, 0.25) is 0 Å². The zero-order chi connectivity index (χ0) is 24.6. The van der Waals surface area contributed by atoms with Gasteiger partial charge in [-0.25, -0.2) is 9.97 Å². The normalized spacial score (nSPS) is 10.9. The topological polar surface area (TPSA) is 120 Å². The fraction of sp³-hybridized carbons (Fsp3) is 0.222. The smallest absolute Gasteiger partial charge is 0.250 e. The zero-order valence-electron chi connectivity index (χ0n) is 19.5. The van der Waals surface area contributed by atoms with Crippen LogP contribution >= 0.6 is 0 Å². The number of anilines is 1. The van der Waals surface area contributed by atoms with Crippen LogP contribution in [0.5, 0.6) is 0 Å². The second-order valence-electron chi connectivity index (χ2n) is 8.19. The number of para-hydroxylation sites is 1. The van der Waals surface area contributed by atoms with E-state index in [-0.39, 0.29) is 5.78 Å². The summed E-state index contributed by atoms with van der Waals surface area (Å²) in [6.07, 6.45) is 5.03. The number of amides is 1. The molecule has 0 fully saturated rings. The summed E-state index contributed by atoms with van der Waals surface area (Å²) in [5.74, 6) is 0.123. The molecule has 0 aliphatic carbocycles. The molecule has 2 aromatic carbocycles. The van der Waals surface area contributed by atoms with Crippen molar-refractivity contribution < 1.29 is 14.3 Å². The molecule has 0 bridgehead atoms. The molecule has 2 heterocycles. The van der Waals surface area contributed by atoms with Gasteiger partial charge in [-0.15, -0.1) is 0 Å². The first kappa shape index (κ1) is 24.0. The highest BCUT2D eigenvalue weighted by molar-refractivity contribution is 6.06. The van der Waals surface area contributed by atoms with Gasteiger partial charge in [-0.05, 0) is 48.2 Å². The third-order valence-corrected chi connectivity index (χ3v) is 5.67. The van der Waals surface area contributed by atoms with E-state index in [9.17, 15) is 9.59 Å². The summed E-state index contributed by atoms with van der Waals surface area (Å²) in [6, 6.07) is 16.7. The fourth-order valence-corrected chi connectivity index (χ4v) is 3.94. The number of aryl methyl sites for hydroxylation is 1. The molecule has 0 saturated heterocycles. The second kappa shape index (κ2) is 11.3. The van der Waals surface area contributed by atoms with Crippen LogP contribution in [0.3, 0.4) is 0 Å². The molecule has 0 aliphatic heterocycles. The third-order valence-electron chi connectivity index (χ3n) is 5.67. The van der Waals surface area contributed by atoms with Gasteiger partial charge < -0.3 is 15.8 Å². The lowest BCUT2D eigenvalue weighted by Gasteiger charge is -2.11. The number of rotatable bonds is 11. The first-order valence-corrected chi connectivity index (χ1v) is 11.4. The van der Waals surface area contributed by atoms with Crippen molar-refractivity contribution in [1.82, 2.24) is 15.0 Å². The number of nitrogens with zero attached hydrogens (tertiary/aromatic N) is 3. The zero-order valence-corrected chi connectivity index (χ0v) is 19.5. The Morgan fingerprint density at radius 1 is 1.00 bits per heavy atom. The number of primary amides is 1. The third kappa shape index (κ3) is 6.04. The Bertz CT molecular complexity index is 1360. The predicted molar refractivity (Wildman–Crippen MR) is 134 cm³/mol. The van der Waals surface area contributed by atoms with Crippen LogP contribution in [0.15, 0.2) is 67.1 Å². The van der Waals surface area contributed by atoms with E-state index < -0.39 is 5.91 Å². The Labute approximate surface area is 203 Å². The van der Waals surface area contributed by atoms with Crippen LogP contribution < -0.4 is 11.1 Å². The number of ketones is 1. The van der Waals surface area contributed by atoms with Gasteiger partial charge in [0.25, 0.3) is 5.91 Å². The Hall–Kier alpha value is -4.17. The van der Waals surface area contributed by atoms with Gasteiger partial charge in [0.15, 0.2) is 5.78 Å². The van der Waals surface area contributed by atoms with Gasteiger partial charge in [-0.1, -0.05) is 30.3 Å². The van der Waals surface area contributed by atoms with Gasteiger partial charge >= 0.3 is 0 Å². The highest BCUT2D eigenvalue weighted by Crippen LogP contribution is 2.23. The van der Waals surface area contributed by atoms with Crippen LogP contribution in [0, 0.1) is 0 Å². The number of fused-ring (bicyclic) bond motifs is 1. The largest absolute Gasteiger partial charge is 0.385 e. The van der Waals surface area contributed by atoms with Gasteiger partial charge in [-0.2, -0.15) is 0 Å². The SMILES string of the molecule is COCCCc1cc(C(=O)Cc2cccc(CNc3ncnc4c(C(N)=O)cccc34)c2)ccn1. The average Bonchev–Trinajstić information content (AvgIpc) is 2.87. The number of nitrogens with two attached hydrogens (primary N) is 1. The number of benzene rings is 2. The average molecular weight is 470 g/mol. The lowest BCUT2D eigenvalue weighted by Crippen LogP contribution is -2.12. The van der Waals surface area contributed by atoms with Crippen LogP contribution in [-0.4, -0.2) is 40.4 Å². The summed E-state index contributed by atoms with van der Waals surface area (Å²) < 4.78 is 5.09. The lowest BCUT2D eigenvalue weighted by atomic mass is 10.0. The number of hydrogen-bond donors (Lipinski definition) is 2. The van der Waals surface area contributed by atoms with Crippen LogP contribution in [-0.2, 0) is 24.1 Å². The van der Waals surface area contributed by atoms with E-state index in [4.69, 9.17) is 10.5 Å². The van der Waals surface area contributed by atoms with Gasteiger partial charge in [0.1, 0.15) is 12.1 Å². The van der Waals surface area contributed by atoms with E-state index in [0.717, 1.165) is 29.7 Å². The van der Waals surface area contributed by atoms with Crippen molar-refractivity contribution in [3.05, 3.63) is 95.1 Å². The molecule has 178 valence electrons. The summed E-state index contributed by atoms with van der Waals surface area (Å²) >= 11 is 0. The van der Waals surface area contributed by atoms with E-state index in [1.807, 2.05) is 36.4 Å². The number of methoxy groups -OCH3 is 1. The van der Waals surface area contributed by atoms with Gasteiger partial charge in [0, 0.05) is 49.5 Å². The molecular formula is C27H27N5O3. The molecule has 0 saturated carbocycles. The summed E-state index contributed by atoms with van der Waals surface area (Å²) in [4.78, 5) is 37.5. The van der Waals surface area contributed by atoms with Crippen molar-refractivity contribution in [3.8, 4) is 0 Å². The van der Waals surface area contributed by atoms with Crippen molar-refractivity contribution in [1.29, 1.82) is 0 Å². The summed E-state index contributed by atoms with van der Waals surface area (Å²) in [7, 11) is 1.67. The quantitative estimate of drug-likeness (QED) is 0.254. The fourth-order valence-electron chi connectivity index (χ4n) is 3.94. The lowest BCUT2D eigenvalue weighted by molar-refractivity contribution is 0.0987. The number of hydrogen-bond acceptors (Lipinski definition) is 7. The molecule has 0 atom stereocenters. The predicted octanol–water partition coefficient (Wildman–Crippen LogP) is 3.74. The van der Waals surface area contributed by atoms with Crippen molar-refractivity contribution in [2.45, 2.75) is 25.8 Å². The van der Waals surface area contributed by atoms with E-state index >= 15 is 0 Å². The molecule has 0 radical (unpaired) electrons. The van der Waals surface area contributed by atoms with Crippen LogP contribution in [0.4, 0.5) is 5.82 Å². The van der Waals surface area contributed by atoms with Gasteiger partial charge in [0.05, 0.1) is 11.1 Å². The number of carbonyl (C=O) groups excluding carboxylic acids is 2. The van der Waals surface area contributed by atoms with Gasteiger partial charge in [0.2, 0.25) is 0 Å². The van der Waals surface area contributed by atoms with E-state index in [1.54, 1.807) is 31.5 Å². The molecule has 4 aromatic rings. The maximum Gasteiger partial charge on any atom is 0.250 e. The summed E-state index contributed by atoms with van der Waals surface area (Å²) in [5, 5.41) is 4.02. The van der Waals surface area contributed by atoms with E-state index in [0.29, 0.717) is 47.4 Å². The van der Waals surface area contributed by atoms with Crippen molar-refractivity contribution in [2.75, 3.05) is 19.0 Å². The highest BCUT2D eigenvalue weighted by Gasteiger charge is 2.12. The number of pyridine rings is 1. The van der Waals surface area contributed by atoms with E-state index in [1.165, 1.54) is 6.33 Å². The minimum absolute atomic E-state index is 0.0475. The number of aromatic nitrogens is 3. The first-order valence-electron chi connectivity index (χ1n) is 11.4. The number of nitrogens with one attached hydrogen (secondary N) is 1. The molecule has 8 nitrogen and oxygen atoms in total. The maximum absolute atomic E-state index is 12.9. The molecule has 3 N–H and O–H groups in total. The van der Waals surface area contributed by atoms with Crippen LogP contribution in [0.25, 0.3) is 10.9 Å². The monoisotopic (exact) mass is 469 g/mol. The highest BCUT2D eigenvalue weighted by atomic mass is 16.5. The van der Waals surface area contributed by atoms with Crippen molar-refractivity contribution in [2.24, 2.45) is 5.73 Å². The number of ether oxygens (including phenoxy) is 1. The molecule has 0 spiro atoms. The molecule has 1 amide bonds. The Morgan fingerprint density at radius 2 is 1.83 bits per heavy atom. The molecule has 2 aromatic heterocycles. The molecular weight excluding hydrogens is 442 g/mol. The molecule has 8 heteroatoms. The van der Waals surface area contributed by atoms with E-state index in [2.05, 4.69) is 20.3 Å². The maximum atomic E-state index is 12.9. The number of Topliss-reactive ketones (excluding diaryl/α,β-unsaturated/α-hetero) is 1. The minimum atomic E-state index is -0.533. The standard InChI is InChI=1S/C27H27N5O3/c1-35-12-4-7-21-15-20(10-11-29-21)24(33)14-18-5-2-6-19(13-18)16-30-27-23-9-3-8-22(26(28)34)25(23)31-17-32-27/h2-3,5-6,8-11,13,15,17H,4,7,12,14,16H2,1H3,(H2,28,34)(H,30,31,32). The summed E-state index contributed by atoms with van der Waals surface area (Å²) in [5.41, 5.74) is 9.82. The van der Waals surface area contributed by atoms with Gasteiger partial charge in [-0.3, -0.25) is 14.6 Å². The van der Waals surface area contributed by atoms with Crippen molar-refractivity contribution >= 4 is 28.4 Å². The summed E-state index contributed by atoms with van der Waals surface area (Å²) in [6.45, 7) is 1.16. The number of carbonyl (C=O) groups is 2. The van der Waals surface area contributed by atoms with Crippen LogP contribution in [0.1, 0.15) is 44.0 Å². The Balaban J connectivity index is 1.44. The molecule has 0 unspecified atom stereocenters. The second-order valence-corrected chi connectivity index (χ2v) is 8.19. The van der Waals surface area contributed by atoms with Crippen molar-refractivity contribution in [3.63, 3.8) is 0 Å². The Morgan fingerprint density at radius 3 is 2.66 bits per heavy atom. The molecule has 0 aliphatic rings. The Kier molecular flexibility index (Phi) is 7.74. The molecule has 4 rings (SSSR count). The first-order chi connectivity index (χ1) is 17.0. The minimum Gasteiger partial charge on any atom is -0.385 e. The molecule has 35 heavy (non-hydrogen) atoms.